The monoisotopic (exact) mass is 208 g/mol. The maximum absolute atomic E-state index is 10.2. The van der Waals surface area contributed by atoms with Gasteiger partial charge in [-0.2, -0.15) is 0 Å². The lowest BCUT2D eigenvalue weighted by Gasteiger charge is -2.38. The summed E-state index contributed by atoms with van der Waals surface area (Å²) in [4.78, 5) is 27.8. The van der Waals surface area contributed by atoms with Gasteiger partial charge in [0.05, 0.1) is 12.6 Å². The van der Waals surface area contributed by atoms with E-state index in [0.717, 1.165) is 19.3 Å². The first-order valence-electron chi connectivity index (χ1n) is 5.20. The zero-order valence-electron chi connectivity index (χ0n) is 9.19. The molecule has 4 heteroatoms. The lowest BCUT2D eigenvalue weighted by molar-refractivity contribution is 0.159. The molecule has 0 spiro atoms. The van der Waals surface area contributed by atoms with E-state index in [0.29, 0.717) is 12.5 Å². The molecule has 0 aromatic heterocycles. The van der Waals surface area contributed by atoms with E-state index < -0.39 is 0 Å². The zero-order valence-corrected chi connectivity index (χ0v) is 9.19. The van der Waals surface area contributed by atoms with E-state index in [9.17, 15) is 9.59 Å². The molecular formula is C11H16N2O2. The van der Waals surface area contributed by atoms with E-state index in [-0.39, 0.29) is 11.5 Å². The second-order valence-electron chi connectivity index (χ2n) is 4.84. The van der Waals surface area contributed by atoms with Gasteiger partial charge < -0.3 is 0 Å². The molecule has 82 valence electrons. The van der Waals surface area contributed by atoms with Gasteiger partial charge in [-0.1, -0.05) is 13.8 Å². The van der Waals surface area contributed by atoms with Crippen molar-refractivity contribution in [3.8, 4) is 0 Å². The Labute approximate surface area is 89.5 Å². The molecule has 0 aromatic rings. The molecule has 1 aliphatic carbocycles. The molecule has 0 saturated heterocycles. The van der Waals surface area contributed by atoms with Crippen molar-refractivity contribution in [1.29, 1.82) is 0 Å². The number of nitrogens with zero attached hydrogens (tertiary/aromatic N) is 2. The highest BCUT2D eigenvalue weighted by molar-refractivity contribution is 5.34. The van der Waals surface area contributed by atoms with Crippen molar-refractivity contribution in [3.63, 3.8) is 0 Å². The van der Waals surface area contributed by atoms with Gasteiger partial charge in [-0.3, -0.25) is 0 Å². The average molecular weight is 208 g/mol. The summed E-state index contributed by atoms with van der Waals surface area (Å²) in [5, 5.41) is 0. The number of rotatable bonds is 3. The molecule has 0 aromatic carbocycles. The lowest BCUT2D eigenvalue weighted by atomic mass is 9.69. The fraction of sp³-hybridized carbons (Fsp3) is 0.818. The van der Waals surface area contributed by atoms with Crippen molar-refractivity contribution in [3.05, 3.63) is 0 Å². The molecule has 0 aliphatic heterocycles. The molecular weight excluding hydrogens is 192 g/mol. The van der Waals surface area contributed by atoms with Crippen molar-refractivity contribution >= 4 is 12.2 Å². The fourth-order valence-corrected chi connectivity index (χ4v) is 2.65. The van der Waals surface area contributed by atoms with Crippen LogP contribution in [0, 0.1) is 11.3 Å². The van der Waals surface area contributed by atoms with Crippen LogP contribution >= 0.6 is 0 Å². The lowest BCUT2D eigenvalue weighted by Crippen LogP contribution is -2.34. The molecule has 0 heterocycles. The van der Waals surface area contributed by atoms with E-state index in [1.807, 2.05) is 0 Å². The van der Waals surface area contributed by atoms with Crippen LogP contribution in [-0.2, 0) is 9.59 Å². The first-order valence-corrected chi connectivity index (χ1v) is 5.20. The Kier molecular flexibility index (Phi) is 3.96. The van der Waals surface area contributed by atoms with E-state index in [1.165, 1.54) is 0 Å². The smallest absolute Gasteiger partial charge is 0.211 e. The van der Waals surface area contributed by atoms with Crippen LogP contribution in [0.1, 0.15) is 33.1 Å². The average Bonchev–Trinajstić information content (AvgIpc) is 2.14. The number of carbonyl (C=O) groups excluding carboxylic acids is 2. The molecule has 1 saturated carbocycles. The Morgan fingerprint density at radius 3 is 2.67 bits per heavy atom. The maximum Gasteiger partial charge on any atom is 0.235 e. The first-order chi connectivity index (χ1) is 7.09. The van der Waals surface area contributed by atoms with E-state index in [2.05, 4.69) is 23.8 Å². The highest BCUT2D eigenvalue weighted by atomic mass is 16.1. The molecule has 2 unspecified atom stereocenters. The Hall–Kier alpha value is -1.24. The Bertz CT molecular complexity index is 317. The quantitative estimate of drug-likeness (QED) is 0.525. The molecule has 1 rings (SSSR count). The zero-order chi connectivity index (χ0) is 11.3. The van der Waals surface area contributed by atoms with Crippen molar-refractivity contribution in [2.24, 2.45) is 21.3 Å². The first kappa shape index (κ1) is 11.8. The van der Waals surface area contributed by atoms with Gasteiger partial charge in [-0.25, -0.2) is 19.6 Å². The van der Waals surface area contributed by atoms with Crippen LogP contribution in [0.5, 0.6) is 0 Å². The molecule has 1 fully saturated rings. The van der Waals surface area contributed by atoms with Crippen molar-refractivity contribution in [2.45, 2.75) is 39.2 Å². The second kappa shape index (κ2) is 5.01. The summed E-state index contributed by atoms with van der Waals surface area (Å²) in [6, 6.07) is 0.0399. The molecule has 1 aliphatic rings. The Balaban J connectivity index is 2.72. The molecule has 4 nitrogen and oxygen atoms in total. The molecule has 0 radical (unpaired) electrons. The number of hydrogen-bond donors (Lipinski definition) is 0. The van der Waals surface area contributed by atoms with Gasteiger partial charge in [0.25, 0.3) is 0 Å². The molecule has 15 heavy (non-hydrogen) atoms. The fourth-order valence-electron chi connectivity index (χ4n) is 2.65. The van der Waals surface area contributed by atoms with E-state index in [1.54, 1.807) is 12.2 Å². The minimum atomic E-state index is -0.0277. The molecule has 0 bridgehead atoms. The van der Waals surface area contributed by atoms with Crippen molar-refractivity contribution in [1.82, 2.24) is 0 Å². The van der Waals surface area contributed by atoms with Crippen LogP contribution in [0.25, 0.3) is 0 Å². The highest BCUT2D eigenvalue weighted by Gasteiger charge is 2.35. The number of aliphatic imine (C=N–C) groups is 2. The van der Waals surface area contributed by atoms with Crippen LogP contribution < -0.4 is 0 Å². The summed E-state index contributed by atoms with van der Waals surface area (Å²) in [6.07, 6.45) is 5.93. The summed E-state index contributed by atoms with van der Waals surface area (Å²) >= 11 is 0. The Morgan fingerprint density at radius 1 is 1.33 bits per heavy atom. The predicted molar refractivity (Wildman–Crippen MR) is 56.0 cm³/mol. The van der Waals surface area contributed by atoms with Crippen LogP contribution in [0.4, 0.5) is 0 Å². The predicted octanol–water partition coefficient (Wildman–Crippen LogP) is 1.85. The second-order valence-corrected chi connectivity index (χ2v) is 4.84. The SMILES string of the molecule is CC1CC(N=C=O)C[C@@](C)(CN=C=O)C1. The summed E-state index contributed by atoms with van der Waals surface area (Å²) in [7, 11) is 0. The maximum atomic E-state index is 10.2. The van der Waals surface area contributed by atoms with Crippen LogP contribution in [-0.4, -0.2) is 24.7 Å². The minimum absolute atomic E-state index is 0.0277. The van der Waals surface area contributed by atoms with Gasteiger partial charge in [-0.15, -0.1) is 0 Å². The van der Waals surface area contributed by atoms with Crippen LogP contribution in [0.15, 0.2) is 9.98 Å². The van der Waals surface area contributed by atoms with Crippen molar-refractivity contribution in [2.75, 3.05) is 6.54 Å². The van der Waals surface area contributed by atoms with Gasteiger partial charge >= 0.3 is 0 Å². The van der Waals surface area contributed by atoms with Gasteiger partial charge in [0.2, 0.25) is 12.2 Å². The van der Waals surface area contributed by atoms with Gasteiger partial charge in [0.15, 0.2) is 0 Å². The number of isocyanates is 2. The van der Waals surface area contributed by atoms with Crippen molar-refractivity contribution < 1.29 is 9.59 Å². The third-order valence-electron chi connectivity index (χ3n) is 3.00. The summed E-state index contributed by atoms with van der Waals surface area (Å²) in [6.45, 7) is 4.69. The molecule has 0 amide bonds. The normalized spacial score (nSPS) is 35.1. The standard InChI is InChI=1S/C11H16N2O2/c1-9-3-10(13-8-15)5-11(2,4-9)6-12-7-14/h9-10H,3-6H2,1-2H3/t9?,10?,11-/m0/s1. The summed E-state index contributed by atoms with van der Waals surface area (Å²) < 4.78 is 0. The van der Waals surface area contributed by atoms with E-state index in [4.69, 9.17) is 0 Å². The Morgan fingerprint density at radius 2 is 2.07 bits per heavy atom. The van der Waals surface area contributed by atoms with E-state index >= 15 is 0 Å². The number of hydrogen-bond acceptors (Lipinski definition) is 4. The van der Waals surface area contributed by atoms with Crippen LogP contribution in [0.2, 0.25) is 0 Å². The largest absolute Gasteiger partial charge is 0.235 e. The van der Waals surface area contributed by atoms with Crippen LogP contribution in [0.3, 0.4) is 0 Å². The molecule has 0 N–H and O–H groups in total. The third kappa shape index (κ3) is 3.43. The third-order valence-corrected chi connectivity index (χ3v) is 3.00. The summed E-state index contributed by atoms with van der Waals surface area (Å²) in [5.74, 6) is 0.507. The molecule has 3 atom stereocenters. The topological polar surface area (TPSA) is 58.9 Å². The summed E-state index contributed by atoms with van der Waals surface area (Å²) in [5.41, 5.74) is -0.0277. The minimum Gasteiger partial charge on any atom is -0.211 e. The van der Waals surface area contributed by atoms with Gasteiger partial charge in [-0.05, 0) is 30.6 Å². The van der Waals surface area contributed by atoms with Gasteiger partial charge in [0, 0.05) is 0 Å². The highest BCUT2D eigenvalue weighted by Crippen LogP contribution is 2.40. The van der Waals surface area contributed by atoms with Gasteiger partial charge in [0.1, 0.15) is 0 Å².